The molecule has 0 unspecified atom stereocenters. The number of amides is 2. The first kappa shape index (κ1) is 19.3. The standard InChI is InChI=1S/C19H24N6O4/c1-23(10-12-7-22-24(2)11-12)18(27)13-3-5-25(15-4-6-29-17(13)15)19(28)14-8-21-16(26)9-20-14/h7-9,11,13,15,17H,3-6,10H2,1-2H3,(H,21,26)/t13-,15-,17-/m1/s1. The van der Waals surface area contributed by atoms with Gasteiger partial charge in [-0.1, -0.05) is 0 Å². The molecule has 154 valence electrons. The number of fused-ring (bicyclic) bond motifs is 1. The summed E-state index contributed by atoms with van der Waals surface area (Å²) in [7, 11) is 3.62. The zero-order chi connectivity index (χ0) is 20.5. The van der Waals surface area contributed by atoms with Gasteiger partial charge in [-0.25, -0.2) is 4.98 Å². The maximum atomic E-state index is 13.1. The zero-order valence-corrected chi connectivity index (χ0v) is 16.4. The van der Waals surface area contributed by atoms with E-state index in [0.29, 0.717) is 32.5 Å². The van der Waals surface area contributed by atoms with Crippen molar-refractivity contribution in [1.29, 1.82) is 0 Å². The molecule has 2 aliphatic rings. The molecule has 0 bridgehead atoms. The Balaban J connectivity index is 1.47. The third-order valence-electron chi connectivity index (χ3n) is 5.60. The second-order valence-electron chi connectivity index (χ2n) is 7.60. The van der Waals surface area contributed by atoms with E-state index in [2.05, 4.69) is 15.1 Å². The van der Waals surface area contributed by atoms with E-state index >= 15 is 0 Å². The summed E-state index contributed by atoms with van der Waals surface area (Å²) in [5.74, 6) is -0.534. The molecular formula is C19H24N6O4. The van der Waals surface area contributed by atoms with Crippen molar-refractivity contribution < 1.29 is 14.3 Å². The highest BCUT2D eigenvalue weighted by atomic mass is 16.5. The van der Waals surface area contributed by atoms with Crippen LogP contribution in [0.3, 0.4) is 0 Å². The smallest absolute Gasteiger partial charge is 0.274 e. The van der Waals surface area contributed by atoms with Crippen molar-refractivity contribution in [1.82, 2.24) is 29.5 Å². The first-order valence-electron chi connectivity index (χ1n) is 9.64. The Morgan fingerprint density at radius 2 is 2.17 bits per heavy atom. The van der Waals surface area contributed by atoms with Crippen molar-refractivity contribution in [3.05, 3.63) is 46.4 Å². The predicted molar refractivity (Wildman–Crippen MR) is 102 cm³/mol. The van der Waals surface area contributed by atoms with Crippen LogP contribution in [0, 0.1) is 5.92 Å². The van der Waals surface area contributed by atoms with Crippen LogP contribution in [-0.4, -0.2) is 73.7 Å². The summed E-state index contributed by atoms with van der Waals surface area (Å²) in [6, 6.07) is -0.175. The molecule has 2 saturated heterocycles. The third-order valence-corrected chi connectivity index (χ3v) is 5.60. The summed E-state index contributed by atoms with van der Waals surface area (Å²) in [5.41, 5.74) is 0.794. The number of carbonyl (C=O) groups excluding carboxylic acids is 2. The highest BCUT2D eigenvalue weighted by Gasteiger charge is 2.47. The van der Waals surface area contributed by atoms with Gasteiger partial charge in [0.2, 0.25) is 5.91 Å². The molecule has 2 fully saturated rings. The van der Waals surface area contributed by atoms with Gasteiger partial charge in [-0.05, 0) is 12.8 Å². The molecule has 0 radical (unpaired) electrons. The fraction of sp³-hybridized carbons (Fsp3) is 0.526. The van der Waals surface area contributed by atoms with Crippen LogP contribution in [0.15, 0.2) is 29.6 Å². The Labute approximate surface area is 167 Å². The van der Waals surface area contributed by atoms with Gasteiger partial charge in [0.25, 0.3) is 11.5 Å². The summed E-state index contributed by atoms with van der Waals surface area (Å²) < 4.78 is 7.60. The van der Waals surface area contributed by atoms with Crippen LogP contribution in [-0.2, 0) is 23.1 Å². The average molecular weight is 400 g/mol. The minimum atomic E-state index is -0.357. The maximum absolute atomic E-state index is 13.1. The third kappa shape index (κ3) is 3.80. The van der Waals surface area contributed by atoms with Gasteiger partial charge < -0.3 is 19.5 Å². The number of nitrogens with zero attached hydrogens (tertiary/aromatic N) is 5. The van der Waals surface area contributed by atoms with Crippen molar-refractivity contribution in [3.63, 3.8) is 0 Å². The number of rotatable bonds is 4. The number of hydrogen-bond acceptors (Lipinski definition) is 6. The van der Waals surface area contributed by atoms with E-state index in [1.54, 1.807) is 27.7 Å². The molecule has 29 heavy (non-hydrogen) atoms. The van der Waals surface area contributed by atoms with E-state index in [1.807, 2.05) is 13.2 Å². The maximum Gasteiger partial charge on any atom is 0.274 e. The first-order valence-corrected chi connectivity index (χ1v) is 9.64. The van der Waals surface area contributed by atoms with Gasteiger partial charge in [0.15, 0.2) is 0 Å². The molecule has 0 aliphatic carbocycles. The van der Waals surface area contributed by atoms with E-state index in [-0.39, 0.29) is 41.1 Å². The van der Waals surface area contributed by atoms with E-state index in [9.17, 15) is 14.4 Å². The van der Waals surface area contributed by atoms with Gasteiger partial charge >= 0.3 is 0 Å². The number of aromatic nitrogens is 4. The largest absolute Gasteiger partial charge is 0.375 e. The molecule has 2 aromatic heterocycles. The molecule has 2 aliphatic heterocycles. The Bertz CT molecular complexity index is 949. The minimum absolute atomic E-state index is 0.0139. The van der Waals surface area contributed by atoms with Gasteiger partial charge in [0, 0.05) is 51.7 Å². The number of H-pyrrole nitrogens is 1. The lowest BCUT2D eigenvalue weighted by atomic mass is 9.86. The van der Waals surface area contributed by atoms with E-state index in [1.165, 1.54) is 6.20 Å². The molecule has 4 rings (SSSR count). The quantitative estimate of drug-likeness (QED) is 0.759. The second-order valence-corrected chi connectivity index (χ2v) is 7.60. The SMILES string of the molecule is CN(Cc1cnn(C)c1)C(=O)[C@@H]1CCN(C(=O)c2c[nH]c(=O)cn2)[C@@H]2CCO[C@@H]21. The average Bonchev–Trinajstić information content (AvgIpc) is 3.36. The molecular weight excluding hydrogens is 376 g/mol. The van der Waals surface area contributed by atoms with Crippen LogP contribution in [0.5, 0.6) is 0 Å². The summed E-state index contributed by atoms with van der Waals surface area (Å²) in [6.07, 6.45) is 6.92. The fourth-order valence-electron chi connectivity index (χ4n) is 4.24. The molecule has 3 atom stereocenters. The number of piperidine rings is 1. The van der Waals surface area contributed by atoms with Crippen molar-refractivity contribution >= 4 is 11.8 Å². The molecule has 1 N–H and O–H groups in total. The van der Waals surface area contributed by atoms with Crippen molar-refractivity contribution in [2.24, 2.45) is 13.0 Å². The number of ether oxygens (including phenoxy) is 1. The monoisotopic (exact) mass is 400 g/mol. The lowest BCUT2D eigenvalue weighted by Gasteiger charge is -2.41. The van der Waals surface area contributed by atoms with Crippen LogP contribution in [0.1, 0.15) is 28.9 Å². The summed E-state index contributed by atoms with van der Waals surface area (Å²) in [6.45, 7) is 1.43. The molecule has 4 heterocycles. The summed E-state index contributed by atoms with van der Waals surface area (Å²) >= 11 is 0. The number of aryl methyl sites for hydroxylation is 1. The minimum Gasteiger partial charge on any atom is -0.375 e. The molecule has 10 nitrogen and oxygen atoms in total. The highest BCUT2D eigenvalue weighted by molar-refractivity contribution is 5.92. The predicted octanol–water partition coefficient (Wildman–Crippen LogP) is -0.218. The lowest BCUT2D eigenvalue weighted by molar-refractivity contribution is -0.142. The number of carbonyl (C=O) groups is 2. The fourth-order valence-corrected chi connectivity index (χ4v) is 4.24. The van der Waals surface area contributed by atoms with Crippen LogP contribution >= 0.6 is 0 Å². The Morgan fingerprint density at radius 1 is 1.34 bits per heavy atom. The number of aromatic amines is 1. The normalized spacial score (nSPS) is 23.7. The second kappa shape index (κ2) is 7.78. The molecule has 0 aromatic carbocycles. The van der Waals surface area contributed by atoms with Gasteiger partial charge in [-0.15, -0.1) is 0 Å². The molecule has 0 saturated carbocycles. The topological polar surface area (TPSA) is 113 Å². The Kier molecular flexibility index (Phi) is 5.18. The Morgan fingerprint density at radius 3 is 2.86 bits per heavy atom. The molecule has 2 aromatic rings. The Hall–Kier alpha value is -3.01. The van der Waals surface area contributed by atoms with E-state index in [0.717, 1.165) is 11.8 Å². The van der Waals surface area contributed by atoms with Gasteiger partial charge in [-0.2, -0.15) is 5.10 Å². The molecule has 10 heteroatoms. The number of nitrogens with one attached hydrogen (secondary N) is 1. The number of likely N-dealkylation sites (tertiary alicyclic amines) is 1. The molecule has 0 spiro atoms. The van der Waals surface area contributed by atoms with E-state index in [4.69, 9.17) is 4.74 Å². The van der Waals surface area contributed by atoms with Crippen LogP contribution in [0.2, 0.25) is 0 Å². The zero-order valence-electron chi connectivity index (χ0n) is 16.4. The van der Waals surface area contributed by atoms with Crippen molar-refractivity contribution in [3.8, 4) is 0 Å². The van der Waals surface area contributed by atoms with Gasteiger partial charge in [0.05, 0.1) is 30.5 Å². The van der Waals surface area contributed by atoms with Gasteiger partial charge in [-0.3, -0.25) is 19.1 Å². The van der Waals surface area contributed by atoms with Crippen LogP contribution in [0.25, 0.3) is 0 Å². The first-order chi connectivity index (χ1) is 13.9. The van der Waals surface area contributed by atoms with Crippen molar-refractivity contribution in [2.45, 2.75) is 31.5 Å². The van der Waals surface area contributed by atoms with Crippen LogP contribution < -0.4 is 5.56 Å². The van der Waals surface area contributed by atoms with Crippen molar-refractivity contribution in [2.75, 3.05) is 20.2 Å². The number of hydrogen-bond donors (Lipinski definition) is 1. The summed E-state index contributed by atoms with van der Waals surface area (Å²) in [5, 5.41) is 4.14. The summed E-state index contributed by atoms with van der Waals surface area (Å²) in [4.78, 5) is 47.0. The van der Waals surface area contributed by atoms with Gasteiger partial charge in [0.1, 0.15) is 5.69 Å². The lowest BCUT2D eigenvalue weighted by Crippen LogP contribution is -2.56. The molecule has 2 amide bonds. The highest BCUT2D eigenvalue weighted by Crippen LogP contribution is 2.34. The van der Waals surface area contributed by atoms with E-state index < -0.39 is 0 Å². The van der Waals surface area contributed by atoms with Crippen LogP contribution in [0.4, 0.5) is 0 Å².